The second-order valence-corrected chi connectivity index (χ2v) is 4.19. The Labute approximate surface area is 81.0 Å². The minimum absolute atomic E-state index is 0.662. The Hall–Kier alpha value is -0.780. The molecule has 1 aromatic rings. The molecule has 13 heavy (non-hydrogen) atoms. The Bertz CT molecular complexity index is 286. The zero-order valence-electron chi connectivity index (χ0n) is 8.38. The zero-order chi connectivity index (χ0) is 9.26. The van der Waals surface area contributed by atoms with Crippen LogP contribution in [0.2, 0.25) is 0 Å². The summed E-state index contributed by atoms with van der Waals surface area (Å²) < 4.78 is 0. The normalized spacial score (nSPS) is 21.6. The highest BCUT2D eigenvalue weighted by atomic mass is 14.2. The van der Waals surface area contributed by atoms with Crippen molar-refractivity contribution in [2.45, 2.75) is 26.7 Å². The van der Waals surface area contributed by atoms with Crippen LogP contribution in [0.4, 0.5) is 0 Å². The summed E-state index contributed by atoms with van der Waals surface area (Å²) in [5, 5.41) is 0. The van der Waals surface area contributed by atoms with E-state index < -0.39 is 0 Å². The predicted octanol–water partition coefficient (Wildman–Crippen LogP) is 3.33. The SMILES string of the molecule is CC(C)C1[C]c2ccccc2CC1. The highest BCUT2D eigenvalue weighted by Gasteiger charge is 2.21. The maximum absolute atomic E-state index is 3.60. The van der Waals surface area contributed by atoms with Crippen molar-refractivity contribution in [3.8, 4) is 0 Å². The van der Waals surface area contributed by atoms with E-state index >= 15 is 0 Å². The van der Waals surface area contributed by atoms with Crippen LogP contribution in [0, 0.1) is 18.3 Å². The van der Waals surface area contributed by atoms with Crippen LogP contribution in [0.3, 0.4) is 0 Å². The van der Waals surface area contributed by atoms with Gasteiger partial charge < -0.3 is 0 Å². The monoisotopic (exact) mass is 172 g/mol. The molecule has 68 valence electrons. The fourth-order valence-corrected chi connectivity index (χ4v) is 1.96. The molecule has 1 atom stereocenters. The van der Waals surface area contributed by atoms with E-state index in [4.69, 9.17) is 0 Å². The third-order valence-electron chi connectivity index (χ3n) is 2.89. The van der Waals surface area contributed by atoms with Gasteiger partial charge in [0.25, 0.3) is 0 Å². The lowest BCUT2D eigenvalue weighted by atomic mass is 9.78. The number of aryl methyl sites for hydroxylation is 1. The molecular formula is C13H16. The van der Waals surface area contributed by atoms with E-state index in [2.05, 4.69) is 44.5 Å². The zero-order valence-corrected chi connectivity index (χ0v) is 8.38. The summed E-state index contributed by atoms with van der Waals surface area (Å²) in [6.45, 7) is 4.57. The van der Waals surface area contributed by atoms with Crippen LogP contribution in [-0.4, -0.2) is 0 Å². The first-order valence-electron chi connectivity index (χ1n) is 5.12. The highest BCUT2D eigenvalue weighted by molar-refractivity contribution is 5.36. The minimum Gasteiger partial charge on any atom is -0.0625 e. The van der Waals surface area contributed by atoms with Gasteiger partial charge in [0.1, 0.15) is 0 Å². The van der Waals surface area contributed by atoms with Gasteiger partial charge >= 0.3 is 0 Å². The van der Waals surface area contributed by atoms with Crippen LogP contribution >= 0.6 is 0 Å². The van der Waals surface area contributed by atoms with Gasteiger partial charge in [-0.1, -0.05) is 38.1 Å². The van der Waals surface area contributed by atoms with Gasteiger partial charge in [0.05, 0.1) is 0 Å². The lowest BCUT2D eigenvalue weighted by molar-refractivity contribution is 0.403. The molecule has 0 amide bonds. The Morgan fingerprint density at radius 3 is 2.85 bits per heavy atom. The molecule has 1 unspecified atom stereocenters. The third kappa shape index (κ3) is 1.77. The Kier molecular flexibility index (Phi) is 2.39. The fraction of sp³-hybridized carbons (Fsp3) is 0.462. The van der Waals surface area contributed by atoms with Gasteiger partial charge in [-0.2, -0.15) is 0 Å². The van der Waals surface area contributed by atoms with Gasteiger partial charge in [0.15, 0.2) is 0 Å². The molecule has 0 fully saturated rings. The summed E-state index contributed by atoms with van der Waals surface area (Å²) >= 11 is 0. The third-order valence-corrected chi connectivity index (χ3v) is 2.89. The van der Waals surface area contributed by atoms with Crippen molar-refractivity contribution in [1.82, 2.24) is 0 Å². The van der Waals surface area contributed by atoms with E-state index in [1.807, 2.05) is 0 Å². The van der Waals surface area contributed by atoms with E-state index in [1.165, 1.54) is 24.0 Å². The van der Waals surface area contributed by atoms with Crippen molar-refractivity contribution in [3.63, 3.8) is 0 Å². The highest BCUT2D eigenvalue weighted by Crippen LogP contribution is 2.31. The van der Waals surface area contributed by atoms with E-state index in [1.54, 1.807) is 0 Å². The van der Waals surface area contributed by atoms with Crippen molar-refractivity contribution in [1.29, 1.82) is 0 Å². The summed E-state index contributed by atoms with van der Waals surface area (Å²) in [4.78, 5) is 0. The summed E-state index contributed by atoms with van der Waals surface area (Å²) in [5.41, 5.74) is 2.81. The maximum atomic E-state index is 3.60. The molecule has 0 heterocycles. The second-order valence-electron chi connectivity index (χ2n) is 4.19. The van der Waals surface area contributed by atoms with Crippen molar-refractivity contribution >= 4 is 0 Å². The standard InChI is InChI=1S/C13H16/c1-10(2)12-8-7-11-5-3-4-6-13(11)9-12/h3-6,10,12H,7-8H2,1-2H3. The summed E-state index contributed by atoms with van der Waals surface area (Å²) in [6.07, 6.45) is 6.10. The van der Waals surface area contributed by atoms with Crippen molar-refractivity contribution in [2.75, 3.05) is 0 Å². The van der Waals surface area contributed by atoms with Crippen molar-refractivity contribution in [2.24, 2.45) is 11.8 Å². The molecule has 1 aliphatic rings. The Balaban J connectivity index is 2.20. The van der Waals surface area contributed by atoms with Gasteiger partial charge in [-0.25, -0.2) is 0 Å². The Morgan fingerprint density at radius 1 is 1.31 bits per heavy atom. The first-order valence-corrected chi connectivity index (χ1v) is 5.12. The van der Waals surface area contributed by atoms with Crippen LogP contribution in [0.25, 0.3) is 0 Å². The van der Waals surface area contributed by atoms with Gasteiger partial charge in [-0.05, 0) is 35.8 Å². The lowest BCUT2D eigenvalue weighted by Gasteiger charge is -2.26. The predicted molar refractivity (Wildman–Crippen MR) is 55.4 cm³/mol. The van der Waals surface area contributed by atoms with Crippen LogP contribution in [0.1, 0.15) is 31.4 Å². The molecule has 0 heteroatoms. The molecule has 1 aliphatic carbocycles. The average molecular weight is 172 g/mol. The van der Waals surface area contributed by atoms with Crippen molar-refractivity contribution < 1.29 is 0 Å². The van der Waals surface area contributed by atoms with Crippen molar-refractivity contribution in [3.05, 3.63) is 41.8 Å². The summed E-state index contributed by atoms with van der Waals surface area (Å²) in [5.74, 6) is 1.39. The lowest BCUT2D eigenvalue weighted by Crippen LogP contribution is -2.16. The molecule has 0 aromatic heterocycles. The number of hydrogen-bond donors (Lipinski definition) is 0. The molecule has 0 N–H and O–H groups in total. The second kappa shape index (κ2) is 3.53. The molecule has 0 aliphatic heterocycles. The van der Waals surface area contributed by atoms with E-state index in [9.17, 15) is 0 Å². The molecule has 0 bridgehead atoms. The summed E-state index contributed by atoms with van der Waals surface area (Å²) in [7, 11) is 0. The molecule has 0 saturated carbocycles. The molecular weight excluding hydrogens is 156 g/mol. The van der Waals surface area contributed by atoms with Gasteiger partial charge in [0, 0.05) is 6.42 Å². The largest absolute Gasteiger partial charge is 0.0625 e. The number of hydrogen-bond acceptors (Lipinski definition) is 0. The minimum atomic E-state index is 0.662. The number of rotatable bonds is 1. The molecule has 2 rings (SSSR count). The fourth-order valence-electron chi connectivity index (χ4n) is 1.96. The van der Waals surface area contributed by atoms with Crippen LogP contribution in [-0.2, 0) is 6.42 Å². The molecule has 1 aromatic carbocycles. The van der Waals surface area contributed by atoms with E-state index in [0.717, 1.165) is 5.92 Å². The van der Waals surface area contributed by atoms with E-state index in [0.29, 0.717) is 5.92 Å². The maximum Gasteiger partial charge on any atom is 0.0204 e. The van der Waals surface area contributed by atoms with Gasteiger partial charge in [-0.15, -0.1) is 0 Å². The van der Waals surface area contributed by atoms with Gasteiger partial charge in [0.2, 0.25) is 0 Å². The molecule has 0 spiro atoms. The molecule has 0 nitrogen and oxygen atoms in total. The first-order chi connectivity index (χ1) is 6.27. The van der Waals surface area contributed by atoms with Crippen LogP contribution < -0.4 is 0 Å². The topological polar surface area (TPSA) is 0 Å². The number of fused-ring (bicyclic) bond motifs is 1. The molecule has 0 saturated heterocycles. The average Bonchev–Trinajstić information content (AvgIpc) is 2.17. The first kappa shape index (κ1) is 8.80. The Morgan fingerprint density at radius 2 is 2.08 bits per heavy atom. The van der Waals surface area contributed by atoms with Crippen LogP contribution in [0.5, 0.6) is 0 Å². The molecule has 2 radical (unpaired) electrons. The van der Waals surface area contributed by atoms with Gasteiger partial charge in [-0.3, -0.25) is 0 Å². The number of benzene rings is 1. The summed E-state index contributed by atoms with van der Waals surface area (Å²) in [6, 6.07) is 8.63. The smallest absolute Gasteiger partial charge is 0.0204 e. The van der Waals surface area contributed by atoms with Crippen LogP contribution in [0.15, 0.2) is 24.3 Å². The van der Waals surface area contributed by atoms with E-state index in [-0.39, 0.29) is 0 Å². The quantitative estimate of drug-likeness (QED) is 0.609.